The number of nitrogens with zero attached hydrogens (tertiary/aromatic N) is 4. The molecule has 0 atom stereocenters. The van der Waals surface area contributed by atoms with Crippen molar-refractivity contribution in [1.82, 2.24) is 0 Å². The first-order valence-corrected chi connectivity index (χ1v) is 17.3. The molecule has 4 N–H and O–H groups in total. The zero-order valence-corrected chi connectivity index (χ0v) is 27.7. The summed E-state index contributed by atoms with van der Waals surface area (Å²) in [6.07, 6.45) is 0. The maximum Gasteiger partial charge on any atom is 0.296 e. The molecule has 14 nitrogen and oxygen atoms in total. The lowest BCUT2D eigenvalue weighted by atomic mass is 10.0. The first kappa shape index (κ1) is 33.9. The van der Waals surface area contributed by atoms with Crippen molar-refractivity contribution < 1.29 is 45.6 Å². The molecule has 0 fully saturated rings. The van der Waals surface area contributed by atoms with E-state index >= 15 is 0 Å². The van der Waals surface area contributed by atoms with E-state index < -0.39 is 52.9 Å². The molecule has 0 unspecified atom stereocenters. The Balaban J connectivity index is 1.35. The summed E-state index contributed by atoms with van der Waals surface area (Å²) < 4.78 is 79.2. The SMILES string of the molecule is COc1cc(-c2ccc(N=Nc3c(S(=O)(=O)O)cc4ccccc4c3O)c(OC)c2)ccc1N=Nc1c(S(=O)(=O)O)cc2ccccc2c1O. The average Bonchev–Trinajstić information content (AvgIpc) is 3.09. The minimum atomic E-state index is -4.78. The van der Waals surface area contributed by atoms with Crippen LogP contribution in [0.2, 0.25) is 0 Å². The number of phenols is 2. The number of hydrogen-bond donors (Lipinski definition) is 4. The molecule has 0 saturated carbocycles. The van der Waals surface area contributed by atoms with Gasteiger partial charge in [-0.15, -0.1) is 20.5 Å². The fourth-order valence-electron chi connectivity index (χ4n) is 5.26. The van der Waals surface area contributed by atoms with E-state index in [2.05, 4.69) is 20.5 Å². The third-order valence-electron chi connectivity index (χ3n) is 7.68. The van der Waals surface area contributed by atoms with E-state index in [0.717, 1.165) is 0 Å². The Morgan fingerprint density at radius 1 is 0.520 bits per heavy atom. The van der Waals surface area contributed by atoms with Gasteiger partial charge >= 0.3 is 0 Å². The number of aromatic hydroxyl groups is 2. The highest BCUT2D eigenvalue weighted by Crippen LogP contribution is 2.44. The van der Waals surface area contributed by atoms with Gasteiger partial charge in [0.1, 0.15) is 44.0 Å². The highest BCUT2D eigenvalue weighted by molar-refractivity contribution is 7.86. The largest absolute Gasteiger partial charge is 0.505 e. The van der Waals surface area contributed by atoms with Crippen LogP contribution < -0.4 is 9.47 Å². The van der Waals surface area contributed by atoms with E-state index in [9.17, 15) is 36.2 Å². The summed E-state index contributed by atoms with van der Waals surface area (Å²) in [6.45, 7) is 0. The lowest BCUT2D eigenvalue weighted by Crippen LogP contribution is -1.99. The van der Waals surface area contributed by atoms with Crippen LogP contribution in [0.5, 0.6) is 23.0 Å². The summed E-state index contributed by atoms with van der Waals surface area (Å²) in [5, 5.41) is 39.2. The molecule has 0 bridgehead atoms. The van der Waals surface area contributed by atoms with Gasteiger partial charge in [-0.3, -0.25) is 9.11 Å². The second kappa shape index (κ2) is 13.2. The standard InChI is InChI=1S/C34H26N4O10S2/c1-47-27-15-19(11-13-25(27)35-37-31-29(49(41,42)43)17-21-7-3-5-9-23(21)33(31)39)20-12-14-26(28(16-20)48-2)36-38-32-30(50(44,45)46)18-22-8-4-6-10-24(22)34(32)40/h3-18,39-40H,1-2H3,(H,41,42,43)(H,44,45,46). The molecule has 0 heterocycles. The molecule has 0 amide bonds. The van der Waals surface area contributed by atoms with Crippen LogP contribution in [0, 0.1) is 0 Å². The molecule has 6 rings (SSSR count). The predicted molar refractivity (Wildman–Crippen MR) is 184 cm³/mol. The molecule has 0 saturated heterocycles. The van der Waals surface area contributed by atoms with Crippen LogP contribution in [0.25, 0.3) is 32.7 Å². The van der Waals surface area contributed by atoms with Crippen molar-refractivity contribution in [2.75, 3.05) is 14.2 Å². The summed E-state index contributed by atoms with van der Waals surface area (Å²) in [5.41, 5.74) is 0.686. The average molecular weight is 715 g/mol. The maximum atomic E-state index is 12.1. The van der Waals surface area contributed by atoms with E-state index in [-0.39, 0.29) is 22.9 Å². The van der Waals surface area contributed by atoms with Crippen LogP contribution in [-0.4, -0.2) is 50.4 Å². The number of hydrogen-bond acceptors (Lipinski definition) is 12. The fraction of sp³-hybridized carbons (Fsp3) is 0.0588. The molecular weight excluding hydrogens is 689 g/mol. The van der Waals surface area contributed by atoms with Crippen LogP contribution in [0.1, 0.15) is 0 Å². The lowest BCUT2D eigenvalue weighted by molar-refractivity contribution is 0.415. The molecular formula is C34H26N4O10S2. The quantitative estimate of drug-likeness (QED) is 0.0827. The van der Waals surface area contributed by atoms with Gasteiger partial charge in [-0.1, -0.05) is 60.7 Å². The van der Waals surface area contributed by atoms with Gasteiger partial charge in [-0.25, -0.2) is 0 Å². The van der Waals surface area contributed by atoms with Gasteiger partial charge < -0.3 is 19.7 Å². The van der Waals surface area contributed by atoms with Crippen molar-refractivity contribution in [3.05, 3.63) is 97.1 Å². The Bertz CT molecular complexity index is 2430. The minimum absolute atomic E-state index is 0.173. The molecule has 0 radical (unpaired) electrons. The van der Waals surface area contributed by atoms with Crippen LogP contribution in [0.15, 0.2) is 127 Å². The monoisotopic (exact) mass is 714 g/mol. The number of fused-ring (bicyclic) bond motifs is 2. The third kappa shape index (κ3) is 6.55. The summed E-state index contributed by atoms with van der Waals surface area (Å²) in [6, 6.07) is 24.9. The molecule has 254 valence electrons. The third-order valence-corrected chi connectivity index (χ3v) is 9.42. The fourth-order valence-corrected chi connectivity index (χ4v) is 6.57. The first-order chi connectivity index (χ1) is 23.8. The number of azo groups is 2. The Labute approximate surface area is 285 Å². The summed E-state index contributed by atoms with van der Waals surface area (Å²) in [5.74, 6) is -0.506. The number of methoxy groups -OCH3 is 2. The van der Waals surface area contributed by atoms with Crippen LogP contribution >= 0.6 is 0 Å². The number of ether oxygens (including phenoxy) is 2. The van der Waals surface area contributed by atoms with Crippen molar-refractivity contribution in [2.45, 2.75) is 9.79 Å². The van der Waals surface area contributed by atoms with Gasteiger partial charge in [0.15, 0.2) is 11.5 Å². The molecule has 0 spiro atoms. The van der Waals surface area contributed by atoms with E-state index in [4.69, 9.17) is 9.47 Å². The first-order valence-electron chi connectivity index (χ1n) is 14.4. The van der Waals surface area contributed by atoms with Crippen molar-refractivity contribution in [3.8, 4) is 34.1 Å². The van der Waals surface area contributed by atoms with Crippen LogP contribution in [0.3, 0.4) is 0 Å². The van der Waals surface area contributed by atoms with Gasteiger partial charge in [0, 0.05) is 10.8 Å². The molecule has 6 aromatic rings. The van der Waals surface area contributed by atoms with E-state index in [1.807, 2.05) is 0 Å². The lowest BCUT2D eigenvalue weighted by Gasteiger charge is -2.11. The second-order valence-electron chi connectivity index (χ2n) is 10.7. The van der Waals surface area contributed by atoms with Crippen molar-refractivity contribution in [1.29, 1.82) is 0 Å². The maximum absolute atomic E-state index is 12.1. The van der Waals surface area contributed by atoms with E-state index in [1.54, 1.807) is 84.9 Å². The van der Waals surface area contributed by atoms with E-state index in [0.29, 0.717) is 32.7 Å². The van der Waals surface area contributed by atoms with Gasteiger partial charge in [0.25, 0.3) is 20.2 Å². The minimum Gasteiger partial charge on any atom is -0.505 e. The highest BCUT2D eigenvalue weighted by Gasteiger charge is 2.23. The zero-order chi connectivity index (χ0) is 35.8. The van der Waals surface area contributed by atoms with E-state index in [1.165, 1.54) is 26.4 Å². The Morgan fingerprint density at radius 3 is 1.26 bits per heavy atom. The van der Waals surface area contributed by atoms with Gasteiger partial charge in [0.2, 0.25) is 0 Å². The van der Waals surface area contributed by atoms with Crippen molar-refractivity contribution in [2.24, 2.45) is 20.5 Å². The summed E-state index contributed by atoms with van der Waals surface area (Å²) in [7, 11) is -6.78. The smallest absolute Gasteiger partial charge is 0.296 e. The van der Waals surface area contributed by atoms with Crippen molar-refractivity contribution in [3.63, 3.8) is 0 Å². The Morgan fingerprint density at radius 2 is 0.900 bits per heavy atom. The summed E-state index contributed by atoms with van der Waals surface area (Å²) >= 11 is 0. The molecule has 0 aliphatic carbocycles. The molecule has 0 aliphatic heterocycles. The molecule has 0 aliphatic rings. The predicted octanol–water partition coefficient (Wildman–Crippen LogP) is 8.41. The van der Waals surface area contributed by atoms with Crippen LogP contribution in [-0.2, 0) is 20.2 Å². The van der Waals surface area contributed by atoms with Gasteiger partial charge in [0.05, 0.1) is 14.2 Å². The molecule has 0 aromatic heterocycles. The molecule has 50 heavy (non-hydrogen) atoms. The van der Waals surface area contributed by atoms with Crippen LogP contribution in [0.4, 0.5) is 22.7 Å². The Kier molecular flexibility index (Phi) is 8.94. The van der Waals surface area contributed by atoms with Crippen molar-refractivity contribution >= 4 is 64.5 Å². The van der Waals surface area contributed by atoms with Gasteiger partial charge in [-0.2, -0.15) is 16.8 Å². The number of benzene rings is 6. The Hall–Kier alpha value is -5.94. The topological polar surface area (TPSA) is 217 Å². The molecule has 16 heteroatoms. The molecule has 6 aromatic carbocycles. The second-order valence-corrected chi connectivity index (χ2v) is 13.5. The highest BCUT2D eigenvalue weighted by atomic mass is 32.2. The zero-order valence-electron chi connectivity index (χ0n) is 26.1. The van der Waals surface area contributed by atoms with Gasteiger partial charge in [-0.05, 0) is 58.3 Å². The number of phenolic OH excluding ortho intramolecular Hbond substituents is 2. The summed E-state index contributed by atoms with van der Waals surface area (Å²) in [4.78, 5) is -1.25. The normalized spacial score (nSPS) is 12.3. The number of rotatable bonds is 9.